The summed E-state index contributed by atoms with van der Waals surface area (Å²) in [5.41, 5.74) is 2.04. The van der Waals surface area contributed by atoms with Crippen molar-refractivity contribution in [1.29, 1.82) is 0 Å². The number of nitrogens with zero attached hydrogens (tertiary/aromatic N) is 3. The highest BCUT2D eigenvalue weighted by atomic mass is 16.5. The number of ether oxygens (including phenoxy) is 1. The van der Waals surface area contributed by atoms with Crippen molar-refractivity contribution in [2.45, 2.75) is 58.5 Å². The molecule has 156 valence electrons. The molecule has 1 aliphatic rings. The summed E-state index contributed by atoms with van der Waals surface area (Å²) in [5.74, 6) is 0.117. The minimum atomic E-state index is -0.533. The number of aryl methyl sites for hydroxylation is 3. The van der Waals surface area contributed by atoms with E-state index in [2.05, 4.69) is 10.4 Å². The SMILES string of the molecule is Cc1ccc(CCC(=O)NCCOC(=O)Cn2nc3n(c2=O)CCCCC3)cc1. The van der Waals surface area contributed by atoms with Crippen molar-refractivity contribution in [3.8, 4) is 0 Å². The van der Waals surface area contributed by atoms with Crippen LogP contribution in [0.3, 0.4) is 0 Å². The molecule has 1 N–H and O–H groups in total. The Labute approximate surface area is 169 Å². The van der Waals surface area contributed by atoms with Crippen molar-refractivity contribution in [3.63, 3.8) is 0 Å². The van der Waals surface area contributed by atoms with Gasteiger partial charge in [-0.2, -0.15) is 5.10 Å². The predicted octanol–water partition coefficient (Wildman–Crippen LogP) is 1.37. The third-order valence-corrected chi connectivity index (χ3v) is 5.01. The smallest absolute Gasteiger partial charge is 0.346 e. The van der Waals surface area contributed by atoms with Gasteiger partial charge in [0.05, 0.1) is 6.54 Å². The molecule has 3 rings (SSSR count). The first-order valence-electron chi connectivity index (χ1n) is 10.2. The van der Waals surface area contributed by atoms with Crippen LogP contribution in [0.4, 0.5) is 0 Å². The van der Waals surface area contributed by atoms with Crippen LogP contribution in [-0.4, -0.2) is 39.4 Å². The maximum absolute atomic E-state index is 12.3. The van der Waals surface area contributed by atoms with Crippen LogP contribution in [0.15, 0.2) is 29.1 Å². The number of esters is 1. The zero-order valence-corrected chi connectivity index (χ0v) is 16.9. The van der Waals surface area contributed by atoms with Crippen LogP contribution >= 0.6 is 0 Å². The molecule has 0 fully saturated rings. The molecule has 0 atom stereocenters. The lowest BCUT2D eigenvalue weighted by Gasteiger charge is -2.07. The van der Waals surface area contributed by atoms with Gasteiger partial charge >= 0.3 is 11.7 Å². The predicted molar refractivity (Wildman–Crippen MR) is 108 cm³/mol. The van der Waals surface area contributed by atoms with E-state index in [9.17, 15) is 14.4 Å². The summed E-state index contributed by atoms with van der Waals surface area (Å²) in [4.78, 5) is 36.2. The standard InChI is InChI=1S/C21H28N4O4/c1-16-6-8-17(9-7-16)10-11-19(26)22-12-14-29-20(27)15-25-21(28)24-13-4-2-3-5-18(24)23-25/h6-9H,2-5,10-15H2,1H3,(H,22,26). The largest absolute Gasteiger partial charge is 0.462 e. The second kappa shape index (κ2) is 10.0. The van der Waals surface area contributed by atoms with E-state index in [0.29, 0.717) is 19.4 Å². The van der Waals surface area contributed by atoms with Gasteiger partial charge in [-0.1, -0.05) is 36.2 Å². The lowest BCUT2D eigenvalue weighted by atomic mass is 10.1. The average molecular weight is 400 g/mol. The molecule has 1 aromatic heterocycles. The van der Waals surface area contributed by atoms with Gasteiger partial charge in [0.25, 0.3) is 0 Å². The number of benzene rings is 1. The lowest BCUT2D eigenvalue weighted by Crippen LogP contribution is -2.31. The normalized spacial score (nSPS) is 13.4. The Morgan fingerprint density at radius 1 is 1.17 bits per heavy atom. The Kier molecular flexibility index (Phi) is 7.21. The molecule has 29 heavy (non-hydrogen) atoms. The third kappa shape index (κ3) is 6.04. The summed E-state index contributed by atoms with van der Waals surface area (Å²) in [6.45, 7) is 2.78. The van der Waals surface area contributed by atoms with Crippen LogP contribution in [0.2, 0.25) is 0 Å². The van der Waals surface area contributed by atoms with Gasteiger partial charge in [0.15, 0.2) is 0 Å². The quantitative estimate of drug-likeness (QED) is 0.533. The molecular formula is C21H28N4O4. The zero-order chi connectivity index (χ0) is 20.6. The topological polar surface area (TPSA) is 95.2 Å². The highest BCUT2D eigenvalue weighted by Crippen LogP contribution is 2.10. The Balaban J connectivity index is 1.35. The molecule has 0 saturated heterocycles. The Hall–Kier alpha value is -2.90. The molecule has 0 bridgehead atoms. The van der Waals surface area contributed by atoms with E-state index in [1.54, 1.807) is 4.57 Å². The molecule has 1 amide bonds. The van der Waals surface area contributed by atoms with Crippen LogP contribution in [0.25, 0.3) is 0 Å². The van der Waals surface area contributed by atoms with Crippen molar-refractivity contribution in [1.82, 2.24) is 19.7 Å². The molecule has 1 aliphatic heterocycles. The second-order valence-corrected chi connectivity index (χ2v) is 7.37. The van der Waals surface area contributed by atoms with E-state index in [1.165, 1.54) is 10.2 Å². The van der Waals surface area contributed by atoms with Gasteiger partial charge in [0, 0.05) is 19.4 Å². The number of amides is 1. The highest BCUT2D eigenvalue weighted by molar-refractivity contribution is 5.76. The van der Waals surface area contributed by atoms with E-state index in [-0.39, 0.29) is 31.3 Å². The first-order valence-corrected chi connectivity index (χ1v) is 10.2. The monoisotopic (exact) mass is 400 g/mol. The Bertz CT molecular complexity index is 898. The van der Waals surface area contributed by atoms with Crippen LogP contribution in [0.5, 0.6) is 0 Å². The van der Waals surface area contributed by atoms with Crippen LogP contribution in [0, 0.1) is 6.92 Å². The van der Waals surface area contributed by atoms with Crippen LogP contribution in [-0.2, 0) is 40.3 Å². The first-order chi connectivity index (χ1) is 14.0. The highest BCUT2D eigenvalue weighted by Gasteiger charge is 2.17. The number of carbonyl (C=O) groups excluding carboxylic acids is 2. The van der Waals surface area contributed by atoms with Crippen molar-refractivity contribution in [2.75, 3.05) is 13.2 Å². The van der Waals surface area contributed by atoms with Gasteiger partial charge in [-0.25, -0.2) is 9.48 Å². The van der Waals surface area contributed by atoms with E-state index < -0.39 is 5.97 Å². The molecule has 0 spiro atoms. The number of nitrogens with one attached hydrogen (secondary N) is 1. The average Bonchev–Trinajstić information content (AvgIpc) is 2.86. The Morgan fingerprint density at radius 2 is 1.97 bits per heavy atom. The number of rotatable bonds is 8. The summed E-state index contributed by atoms with van der Waals surface area (Å²) >= 11 is 0. The van der Waals surface area contributed by atoms with Crippen LogP contribution in [0.1, 0.15) is 42.6 Å². The fraction of sp³-hybridized carbons (Fsp3) is 0.524. The van der Waals surface area contributed by atoms with Gasteiger partial charge in [0.2, 0.25) is 5.91 Å². The van der Waals surface area contributed by atoms with E-state index in [1.807, 2.05) is 31.2 Å². The van der Waals surface area contributed by atoms with Crippen molar-refractivity contribution in [3.05, 3.63) is 51.7 Å². The molecule has 0 radical (unpaired) electrons. The summed E-state index contributed by atoms with van der Waals surface area (Å²) in [6.07, 6.45) is 4.84. The van der Waals surface area contributed by atoms with Gasteiger partial charge in [-0.3, -0.25) is 14.2 Å². The molecule has 8 heteroatoms. The molecule has 8 nitrogen and oxygen atoms in total. The molecule has 1 aromatic carbocycles. The molecule has 0 saturated carbocycles. The maximum atomic E-state index is 12.3. The molecular weight excluding hydrogens is 372 g/mol. The van der Waals surface area contributed by atoms with Crippen molar-refractivity contribution >= 4 is 11.9 Å². The molecule has 2 aromatic rings. The fourth-order valence-corrected chi connectivity index (χ4v) is 3.35. The second-order valence-electron chi connectivity index (χ2n) is 7.37. The summed E-state index contributed by atoms with van der Waals surface area (Å²) < 4.78 is 7.94. The van der Waals surface area contributed by atoms with E-state index in [4.69, 9.17) is 4.74 Å². The summed E-state index contributed by atoms with van der Waals surface area (Å²) in [6, 6.07) is 8.08. The number of hydrogen-bond acceptors (Lipinski definition) is 5. The Morgan fingerprint density at radius 3 is 2.76 bits per heavy atom. The molecule has 2 heterocycles. The zero-order valence-electron chi connectivity index (χ0n) is 16.9. The van der Waals surface area contributed by atoms with Crippen LogP contribution < -0.4 is 11.0 Å². The van der Waals surface area contributed by atoms with Gasteiger partial charge in [-0.15, -0.1) is 0 Å². The van der Waals surface area contributed by atoms with Gasteiger partial charge in [0.1, 0.15) is 19.0 Å². The third-order valence-electron chi connectivity index (χ3n) is 5.01. The number of carbonyl (C=O) groups is 2. The van der Waals surface area contributed by atoms with E-state index >= 15 is 0 Å². The lowest BCUT2D eigenvalue weighted by molar-refractivity contribution is -0.144. The summed E-state index contributed by atoms with van der Waals surface area (Å²) in [5, 5.41) is 7.00. The van der Waals surface area contributed by atoms with Crippen molar-refractivity contribution in [2.24, 2.45) is 0 Å². The maximum Gasteiger partial charge on any atom is 0.346 e. The fourth-order valence-electron chi connectivity index (χ4n) is 3.35. The molecule has 0 unspecified atom stereocenters. The minimum absolute atomic E-state index is 0.0669. The van der Waals surface area contributed by atoms with Gasteiger partial charge < -0.3 is 10.1 Å². The van der Waals surface area contributed by atoms with E-state index in [0.717, 1.165) is 37.1 Å². The number of aromatic nitrogens is 3. The van der Waals surface area contributed by atoms with Crippen molar-refractivity contribution < 1.29 is 14.3 Å². The first kappa shape index (κ1) is 20.8. The molecule has 0 aliphatic carbocycles. The number of hydrogen-bond donors (Lipinski definition) is 1. The summed E-state index contributed by atoms with van der Waals surface area (Å²) in [7, 11) is 0. The number of fused-ring (bicyclic) bond motifs is 1. The minimum Gasteiger partial charge on any atom is -0.462 e. The van der Waals surface area contributed by atoms with Gasteiger partial charge in [-0.05, 0) is 31.7 Å².